The molecule has 2 saturated heterocycles. The lowest BCUT2D eigenvalue weighted by Crippen LogP contribution is -2.52. The maximum absolute atomic E-state index is 12.8. The summed E-state index contributed by atoms with van der Waals surface area (Å²) in [5, 5.41) is 5.78. The highest BCUT2D eigenvalue weighted by molar-refractivity contribution is 6.11. The molecular formula is C38H38N6O6. The molecule has 50 heavy (non-hydrogen) atoms. The first kappa shape index (κ1) is 33.1. The number of aromatic nitrogens is 2. The van der Waals surface area contributed by atoms with Crippen molar-refractivity contribution in [2.45, 2.75) is 50.6 Å². The number of pyridine rings is 2. The number of rotatable bonds is 6. The fraction of sp³-hybridized carbons (Fsp3) is 0.316. The zero-order valence-corrected chi connectivity index (χ0v) is 28.3. The molecule has 0 spiro atoms. The van der Waals surface area contributed by atoms with Crippen LogP contribution < -0.4 is 20.4 Å². The molecule has 2 aromatic heterocycles. The highest BCUT2D eigenvalue weighted by atomic mass is 16.5. The van der Waals surface area contributed by atoms with Crippen LogP contribution in [-0.2, 0) is 29.9 Å². The summed E-state index contributed by atoms with van der Waals surface area (Å²) in [7, 11) is 0. The molecule has 0 aliphatic carbocycles. The van der Waals surface area contributed by atoms with Crippen molar-refractivity contribution in [3.63, 3.8) is 0 Å². The van der Waals surface area contributed by atoms with Crippen molar-refractivity contribution < 1.29 is 28.7 Å². The summed E-state index contributed by atoms with van der Waals surface area (Å²) in [5.74, 6) is -0.254. The van der Waals surface area contributed by atoms with Crippen molar-refractivity contribution in [2.75, 3.05) is 46.9 Å². The number of nitrogens with zero attached hydrogens (tertiary/aromatic N) is 4. The summed E-state index contributed by atoms with van der Waals surface area (Å²) in [5.41, 5.74) is 4.93. The summed E-state index contributed by atoms with van der Waals surface area (Å²) in [6.07, 6.45) is 6.32. The summed E-state index contributed by atoms with van der Waals surface area (Å²) in [6.45, 7) is 9.94. The van der Waals surface area contributed by atoms with E-state index in [1.807, 2.05) is 73.9 Å². The van der Waals surface area contributed by atoms with Crippen LogP contribution in [0.3, 0.4) is 0 Å². The average Bonchev–Trinajstić information content (AvgIpc) is 3.38. The second kappa shape index (κ2) is 12.8. The molecule has 256 valence electrons. The highest BCUT2D eigenvalue weighted by Gasteiger charge is 2.49. The molecule has 8 rings (SSSR count). The molecule has 4 aliphatic heterocycles. The van der Waals surface area contributed by atoms with Gasteiger partial charge in [0.1, 0.15) is 0 Å². The summed E-state index contributed by atoms with van der Waals surface area (Å²) < 4.78 is 10.5. The lowest BCUT2D eigenvalue weighted by Gasteiger charge is -2.35. The van der Waals surface area contributed by atoms with Gasteiger partial charge in [-0.15, -0.1) is 0 Å². The minimum absolute atomic E-state index is 0.0687. The van der Waals surface area contributed by atoms with Gasteiger partial charge in [0.25, 0.3) is 11.8 Å². The van der Waals surface area contributed by atoms with E-state index in [9.17, 15) is 19.2 Å². The number of carbonyl (C=O) groups is 4. The molecular weight excluding hydrogens is 636 g/mol. The molecule has 4 amide bonds. The molecule has 12 heteroatoms. The zero-order valence-electron chi connectivity index (χ0n) is 28.3. The molecule has 0 atom stereocenters. The van der Waals surface area contributed by atoms with Crippen molar-refractivity contribution in [3.8, 4) is 0 Å². The third-order valence-corrected chi connectivity index (χ3v) is 9.74. The smallest absolute Gasteiger partial charge is 0.255 e. The van der Waals surface area contributed by atoms with Crippen molar-refractivity contribution in [1.82, 2.24) is 9.97 Å². The van der Waals surface area contributed by atoms with Gasteiger partial charge in [-0.3, -0.25) is 29.1 Å². The molecule has 4 aromatic rings. The van der Waals surface area contributed by atoms with Crippen LogP contribution in [0.1, 0.15) is 59.5 Å². The molecule has 12 nitrogen and oxygen atoms in total. The summed E-state index contributed by atoms with van der Waals surface area (Å²) >= 11 is 0. The molecule has 2 N–H and O–H groups in total. The van der Waals surface area contributed by atoms with Gasteiger partial charge in [-0.2, -0.15) is 0 Å². The fourth-order valence-corrected chi connectivity index (χ4v) is 6.61. The van der Waals surface area contributed by atoms with Crippen LogP contribution in [0.4, 0.5) is 22.7 Å². The Morgan fingerprint density at radius 3 is 1.30 bits per heavy atom. The number of benzene rings is 2. The van der Waals surface area contributed by atoms with E-state index in [1.165, 1.54) is 0 Å². The van der Waals surface area contributed by atoms with Gasteiger partial charge in [-0.05, 0) is 87.4 Å². The van der Waals surface area contributed by atoms with E-state index in [4.69, 9.17) is 9.47 Å². The molecule has 0 bridgehead atoms. The number of nitrogens with one attached hydrogen (secondary N) is 2. The molecule has 6 heterocycles. The first-order chi connectivity index (χ1) is 24.0. The van der Waals surface area contributed by atoms with Crippen LogP contribution in [0.15, 0.2) is 85.5 Å². The second-order valence-electron chi connectivity index (χ2n) is 13.8. The maximum Gasteiger partial charge on any atom is 0.255 e. The van der Waals surface area contributed by atoms with Crippen LogP contribution in [-0.4, -0.2) is 72.1 Å². The molecule has 0 radical (unpaired) electrons. The SMILES string of the molecule is CC1(C)C(=O)N(C2COC2)c2cc(NC(=O)c3ccncc3)ccc21.CC1(C)C(=O)N(C2COC2)c2cc(NC(=O)c3ccncc3)ccc21. The van der Waals surface area contributed by atoms with Crippen LogP contribution in [0.5, 0.6) is 0 Å². The van der Waals surface area contributed by atoms with Gasteiger partial charge in [0.2, 0.25) is 11.8 Å². The highest BCUT2D eigenvalue weighted by Crippen LogP contribution is 2.46. The Bertz CT molecular complexity index is 1830. The third kappa shape index (κ3) is 5.80. The lowest BCUT2D eigenvalue weighted by atomic mass is 9.86. The summed E-state index contributed by atoms with van der Waals surface area (Å²) in [4.78, 5) is 61.9. The number of carbonyl (C=O) groups excluding carboxylic acids is 4. The molecule has 4 aliphatic rings. The predicted octanol–water partition coefficient (Wildman–Crippen LogP) is 4.71. The van der Waals surface area contributed by atoms with Gasteiger partial charge in [0.05, 0.1) is 60.7 Å². The van der Waals surface area contributed by atoms with Gasteiger partial charge in [-0.25, -0.2) is 0 Å². The van der Waals surface area contributed by atoms with Crippen molar-refractivity contribution in [2.24, 2.45) is 0 Å². The Morgan fingerprint density at radius 1 is 0.620 bits per heavy atom. The second-order valence-corrected chi connectivity index (χ2v) is 13.8. The fourth-order valence-electron chi connectivity index (χ4n) is 6.61. The van der Waals surface area contributed by atoms with Crippen LogP contribution >= 0.6 is 0 Å². The minimum atomic E-state index is -0.571. The molecule has 2 aromatic carbocycles. The molecule has 0 unspecified atom stereocenters. The van der Waals surface area contributed by atoms with E-state index in [-0.39, 0.29) is 35.7 Å². The van der Waals surface area contributed by atoms with Crippen molar-refractivity contribution >= 4 is 46.4 Å². The maximum atomic E-state index is 12.8. The summed E-state index contributed by atoms with van der Waals surface area (Å²) in [6, 6.07) is 18.1. The van der Waals surface area contributed by atoms with Gasteiger partial charge >= 0.3 is 0 Å². The zero-order chi connectivity index (χ0) is 35.2. The number of anilines is 4. The normalized spacial score (nSPS) is 18.6. The quantitative estimate of drug-likeness (QED) is 0.299. The van der Waals surface area contributed by atoms with Gasteiger partial charge < -0.3 is 29.9 Å². The number of ether oxygens (including phenoxy) is 2. The van der Waals surface area contributed by atoms with E-state index < -0.39 is 10.8 Å². The van der Waals surface area contributed by atoms with Crippen LogP contribution in [0.2, 0.25) is 0 Å². The number of fused-ring (bicyclic) bond motifs is 2. The largest absolute Gasteiger partial charge is 0.377 e. The Balaban J connectivity index is 0.000000157. The first-order valence-electron chi connectivity index (χ1n) is 16.5. The monoisotopic (exact) mass is 674 g/mol. The molecule has 0 saturated carbocycles. The number of hydrogen-bond donors (Lipinski definition) is 2. The standard InChI is InChI=1S/2C19H19N3O3/c2*1-19(2)15-4-3-13(21-17(23)12-5-7-20-8-6-12)9-16(15)22(18(19)24)14-10-25-11-14/h2*3-9,14H,10-11H2,1-2H3,(H,21,23). The predicted molar refractivity (Wildman–Crippen MR) is 188 cm³/mol. The third-order valence-electron chi connectivity index (χ3n) is 9.74. The van der Waals surface area contributed by atoms with E-state index in [1.54, 1.807) is 49.1 Å². The average molecular weight is 675 g/mol. The number of amides is 4. The molecule has 2 fully saturated rings. The van der Waals surface area contributed by atoms with E-state index in [2.05, 4.69) is 20.6 Å². The van der Waals surface area contributed by atoms with E-state index in [0.717, 1.165) is 22.5 Å². The topological polar surface area (TPSA) is 143 Å². The number of hydrogen-bond acceptors (Lipinski definition) is 8. The van der Waals surface area contributed by atoms with E-state index in [0.29, 0.717) is 48.9 Å². The Morgan fingerprint density at radius 2 is 0.980 bits per heavy atom. The van der Waals surface area contributed by atoms with Crippen LogP contribution in [0.25, 0.3) is 0 Å². The van der Waals surface area contributed by atoms with E-state index >= 15 is 0 Å². The van der Waals surface area contributed by atoms with Gasteiger partial charge in [0, 0.05) is 47.3 Å². The first-order valence-corrected chi connectivity index (χ1v) is 16.5. The van der Waals surface area contributed by atoms with Crippen molar-refractivity contribution in [3.05, 3.63) is 108 Å². The van der Waals surface area contributed by atoms with Crippen molar-refractivity contribution in [1.29, 1.82) is 0 Å². The Kier molecular flexibility index (Phi) is 8.44. The lowest BCUT2D eigenvalue weighted by molar-refractivity contribution is -0.125. The van der Waals surface area contributed by atoms with Gasteiger partial charge in [0.15, 0.2) is 0 Å². The van der Waals surface area contributed by atoms with Crippen LogP contribution in [0, 0.1) is 0 Å². The Hall–Kier alpha value is -5.46. The van der Waals surface area contributed by atoms with Gasteiger partial charge in [-0.1, -0.05) is 12.1 Å². The minimum Gasteiger partial charge on any atom is -0.377 e. The Labute approximate surface area is 289 Å².